The summed E-state index contributed by atoms with van der Waals surface area (Å²) in [7, 11) is 0. The van der Waals surface area contributed by atoms with Gasteiger partial charge in [-0.25, -0.2) is 14.4 Å². The number of fused-ring (bicyclic) bond motifs is 1. The van der Waals surface area contributed by atoms with Crippen molar-refractivity contribution >= 4 is 22.8 Å². The van der Waals surface area contributed by atoms with Crippen molar-refractivity contribution < 1.29 is 19.0 Å². The van der Waals surface area contributed by atoms with Crippen LogP contribution in [0.4, 0.5) is 10.2 Å². The van der Waals surface area contributed by atoms with Crippen LogP contribution in [0.1, 0.15) is 26.7 Å². The molecular formula is C22H25FN4O3. The number of hydrogen-bond donors (Lipinski definition) is 2. The summed E-state index contributed by atoms with van der Waals surface area (Å²) in [5.74, 6) is 0.386. The normalized spacial score (nSPS) is 15.6. The fraction of sp³-hybridized carbons (Fsp3) is 0.409. The van der Waals surface area contributed by atoms with Crippen molar-refractivity contribution in [2.45, 2.75) is 32.8 Å². The maximum atomic E-state index is 13.4. The van der Waals surface area contributed by atoms with Gasteiger partial charge in [0, 0.05) is 24.8 Å². The Bertz CT molecular complexity index is 1040. The first-order valence-corrected chi connectivity index (χ1v) is 10.0. The van der Waals surface area contributed by atoms with E-state index in [0.717, 1.165) is 37.3 Å². The number of anilines is 1. The predicted molar refractivity (Wildman–Crippen MR) is 112 cm³/mol. The fourth-order valence-corrected chi connectivity index (χ4v) is 3.47. The second-order valence-electron chi connectivity index (χ2n) is 8.34. The molecule has 1 fully saturated rings. The van der Waals surface area contributed by atoms with Gasteiger partial charge in [-0.15, -0.1) is 0 Å². The van der Waals surface area contributed by atoms with E-state index < -0.39 is 11.4 Å². The van der Waals surface area contributed by atoms with Crippen LogP contribution in [0.25, 0.3) is 22.4 Å². The molecule has 1 saturated heterocycles. The molecule has 3 heterocycles. The monoisotopic (exact) mass is 412 g/mol. The lowest BCUT2D eigenvalue weighted by Crippen LogP contribution is -2.39. The molecule has 7 nitrogen and oxygen atoms in total. The average molecular weight is 412 g/mol. The minimum absolute atomic E-state index is 0.0649. The smallest absolute Gasteiger partial charge is 0.311 e. The number of benzene rings is 1. The Morgan fingerprint density at radius 2 is 2.07 bits per heavy atom. The van der Waals surface area contributed by atoms with Crippen LogP contribution in [0.5, 0.6) is 0 Å². The predicted octanol–water partition coefficient (Wildman–Crippen LogP) is 3.86. The minimum atomic E-state index is -0.878. The molecule has 0 unspecified atom stereocenters. The van der Waals surface area contributed by atoms with Crippen LogP contribution in [0.3, 0.4) is 0 Å². The van der Waals surface area contributed by atoms with Crippen LogP contribution < -0.4 is 4.90 Å². The van der Waals surface area contributed by atoms with E-state index >= 15 is 0 Å². The third-order valence-electron chi connectivity index (χ3n) is 5.49. The van der Waals surface area contributed by atoms with Gasteiger partial charge in [-0.3, -0.25) is 4.79 Å². The Morgan fingerprint density at radius 1 is 1.30 bits per heavy atom. The van der Waals surface area contributed by atoms with Gasteiger partial charge in [-0.2, -0.15) is 0 Å². The number of pyridine rings is 1. The number of carboxylic acids is 1. The largest absolute Gasteiger partial charge is 0.481 e. The van der Waals surface area contributed by atoms with E-state index in [2.05, 4.69) is 19.9 Å². The van der Waals surface area contributed by atoms with Crippen LogP contribution >= 0.6 is 0 Å². The van der Waals surface area contributed by atoms with E-state index in [9.17, 15) is 14.3 Å². The number of aliphatic carboxylic acids is 1. The van der Waals surface area contributed by atoms with Crippen LogP contribution in [-0.2, 0) is 9.53 Å². The van der Waals surface area contributed by atoms with Gasteiger partial charge >= 0.3 is 5.97 Å². The quantitative estimate of drug-likeness (QED) is 0.639. The number of halogens is 1. The molecule has 0 bridgehead atoms. The lowest BCUT2D eigenvalue weighted by atomic mass is 9.95. The van der Waals surface area contributed by atoms with Gasteiger partial charge in [0.1, 0.15) is 17.5 Å². The number of piperidine rings is 1. The summed E-state index contributed by atoms with van der Waals surface area (Å²) < 4.78 is 19.2. The van der Waals surface area contributed by atoms with Gasteiger partial charge in [0.05, 0.1) is 29.2 Å². The Hall–Kier alpha value is -3.00. The van der Waals surface area contributed by atoms with E-state index in [1.54, 1.807) is 26.1 Å². The maximum absolute atomic E-state index is 13.4. The number of carboxylic acid groups (broad SMARTS) is 1. The lowest BCUT2D eigenvalue weighted by molar-refractivity contribution is -0.152. The lowest BCUT2D eigenvalue weighted by Gasteiger charge is -2.34. The van der Waals surface area contributed by atoms with Crippen molar-refractivity contribution in [1.29, 1.82) is 0 Å². The molecule has 0 saturated carbocycles. The van der Waals surface area contributed by atoms with Crippen LogP contribution in [0.15, 0.2) is 36.5 Å². The topological polar surface area (TPSA) is 91.3 Å². The molecule has 0 spiro atoms. The van der Waals surface area contributed by atoms with E-state index in [1.807, 2.05) is 12.1 Å². The highest BCUT2D eigenvalue weighted by molar-refractivity contribution is 5.79. The number of imidazole rings is 1. The standard InChI is InChI=1S/C22H25FN4O3/c1-22(2,21(28)29)13-30-16-7-9-27(10-8-16)19-6-3-14(12-24-19)20-25-17-5-4-15(23)11-18(17)26-20/h3-6,11-12,16H,7-10,13H2,1-2H3,(H,25,26)(H,28,29). The van der Waals surface area contributed by atoms with Gasteiger partial charge in [0.2, 0.25) is 0 Å². The van der Waals surface area contributed by atoms with Crippen molar-refractivity contribution in [1.82, 2.24) is 15.0 Å². The second kappa shape index (κ2) is 8.02. The van der Waals surface area contributed by atoms with Gasteiger partial charge in [-0.05, 0) is 57.0 Å². The number of hydrogen-bond acceptors (Lipinski definition) is 5. The summed E-state index contributed by atoms with van der Waals surface area (Å²) in [5, 5.41) is 9.20. The van der Waals surface area contributed by atoms with E-state index in [1.165, 1.54) is 12.1 Å². The summed E-state index contributed by atoms with van der Waals surface area (Å²) in [6.45, 7) is 5.16. The van der Waals surface area contributed by atoms with Crippen LogP contribution in [-0.4, -0.2) is 51.8 Å². The zero-order valence-corrected chi connectivity index (χ0v) is 17.1. The molecule has 1 aliphatic heterocycles. The summed E-state index contributed by atoms with van der Waals surface area (Å²) in [6.07, 6.45) is 3.49. The van der Waals surface area contributed by atoms with Crippen molar-refractivity contribution in [3.8, 4) is 11.4 Å². The Kier molecular flexibility index (Phi) is 5.42. The average Bonchev–Trinajstić information content (AvgIpc) is 3.16. The summed E-state index contributed by atoms with van der Waals surface area (Å²) in [6, 6.07) is 8.38. The van der Waals surface area contributed by atoms with E-state index in [-0.39, 0.29) is 18.5 Å². The summed E-state index contributed by atoms with van der Waals surface area (Å²) >= 11 is 0. The molecule has 8 heteroatoms. The van der Waals surface area contributed by atoms with Crippen molar-refractivity contribution in [3.63, 3.8) is 0 Å². The minimum Gasteiger partial charge on any atom is -0.481 e. The third kappa shape index (κ3) is 4.28. The zero-order valence-electron chi connectivity index (χ0n) is 17.1. The SMILES string of the molecule is CC(C)(COC1CCN(c2ccc(-c3nc4ccc(F)cc4[nH]3)cn2)CC1)C(=O)O. The first-order chi connectivity index (χ1) is 14.3. The molecule has 2 aromatic heterocycles. The number of H-pyrrole nitrogens is 1. The summed E-state index contributed by atoms with van der Waals surface area (Å²) in [4.78, 5) is 25.6. The Morgan fingerprint density at radius 3 is 2.73 bits per heavy atom. The molecule has 1 aliphatic rings. The highest BCUT2D eigenvalue weighted by Gasteiger charge is 2.30. The fourth-order valence-electron chi connectivity index (χ4n) is 3.47. The van der Waals surface area contributed by atoms with Gasteiger partial charge < -0.3 is 19.7 Å². The highest BCUT2D eigenvalue weighted by atomic mass is 19.1. The number of aromatic amines is 1. The zero-order chi connectivity index (χ0) is 21.3. The Balaban J connectivity index is 1.36. The number of rotatable bonds is 6. The number of nitrogens with zero attached hydrogens (tertiary/aromatic N) is 3. The van der Waals surface area contributed by atoms with Crippen molar-refractivity contribution in [2.24, 2.45) is 5.41 Å². The molecule has 0 aliphatic carbocycles. The first-order valence-electron chi connectivity index (χ1n) is 10.0. The molecule has 2 N–H and O–H groups in total. The van der Waals surface area contributed by atoms with Crippen molar-refractivity contribution in [2.75, 3.05) is 24.6 Å². The number of carbonyl (C=O) groups is 1. The molecule has 30 heavy (non-hydrogen) atoms. The van der Waals surface area contributed by atoms with Crippen molar-refractivity contribution in [3.05, 3.63) is 42.3 Å². The highest BCUT2D eigenvalue weighted by Crippen LogP contribution is 2.25. The van der Waals surface area contributed by atoms with Gasteiger partial charge in [-0.1, -0.05) is 0 Å². The van der Waals surface area contributed by atoms with E-state index in [4.69, 9.17) is 4.74 Å². The molecule has 158 valence electrons. The molecule has 4 rings (SSSR count). The first kappa shape index (κ1) is 20.3. The van der Waals surface area contributed by atoms with Crippen LogP contribution in [0.2, 0.25) is 0 Å². The van der Waals surface area contributed by atoms with Gasteiger partial charge in [0.25, 0.3) is 0 Å². The molecule has 0 radical (unpaired) electrons. The molecule has 0 amide bonds. The molecule has 0 atom stereocenters. The number of nitrogens with one attached hydrogen (secondary N) is 1. The van der Waals surface area contributed by atoms with E-state index in [0.29, 0.717) is 16.9 Å². The third-order valence-corrected chi connectivity index (χ3v) is 5.49. The summed E-state index contributed by atoms with van der Waals surface area (Å²) in [5.41, 5.74) is 1.33. The Labute approximate surface area is 173 Å². The van der Waals surface area contributed by atoms with Gasteiger partial charge in [0.15, 0.2) is 0 Å². The maximum Gasteiger partial charge on any atom is 0.311 e. The number of aromatic nitrogens is 3. The molecule has 3 aromatic rings. The number of ether oxygens (including phenoxy) is 1. The van der Waals surface area contributed by atoms with Crippen LogP contribution in [0, 0.1) is 11.2 Å². The molecular weight excluding hydrogens is 387 g/mol. The molecule has 1 aromatic carbocycles. The second-order valence-corrected chi connectivity index (χ2v) is 8.34.